The molecule has 0 radical (unpaired) electrons. The van der Waals surface area contributed by atoms with Crippen molar-refractivity contribution in [2.75, 3.05) is 6.26 Å². The van der Waals surface area contributed by atoms with Crippen LogP contribution in [0.1, 0.15) is 12.5 Å². The molecule has 16 heavy (non-hydrogen) atoms. The van der Waals surface area contributed by atoms with E-state index < -0.39 is 6.10 Å². The summed E-state index contributed by atoms with van der Waals surface area (Å²) in [5, 5.41) is 11.9. The number of thioether (sulfide) groups is 1. The molecule has 0 spiro atoms. The number of carbonyl (C=O) groups is 1. The monoisotopic (exact) mass is 239 g/mol. The number of amides is 1. The minimum atomic E-state index is -0.953. The fraction of sp³-hybridized carbons (Fsp3) is 0.417. The lowest BCUT2D eigenvalue weighted by molar-refractivity contribution is -0.128. The van der Waals surface area contributed by atoms with Crippen molar-refractivity contribution >= 4 is 17.7 Å². The molecular formula is C12H17NO2S. The fourth-order valence-electron chi connectivity index (χ4n) is 1.30. The minimum Gasteiger partial charge on any atom is -0.384 e. The fourth-order valence-corrected chi connectivity index (χ4v) is 1.89. The number of nitrogens with one attached hydrogen (secondary N) is 1. The third-order valence-corrected chi connectivity index (χ3v) is 3.08. The van der Waals surface area contributed by atoms with Gasteiger partial charge in [0.15, 0.2) is 0 Å². The predicted molar refractivity (Wildman–Crippen MR) is 67.3 cm³/mol. The Morgan fingerprint density at radius 1 is 1.44 bits per heavy atom. The Morgan fingerprint density at radius 3 is 2.56 bits per heavy atom. The Bertz CT molecular complexity index is 327. The summed E-state index contributed by atoms with van der Waals surface area (Å²) < 4.78 is 0. The summed E-state index contributed by atoms with van der Waals surface area (Å²) in [6.07, 6.45) is 1.75. The van der Waals surface area contributed by atoms with E-state index in [1.54, 1.807) is 11.8 Å². The van der Waals surface area contributed by atoms with Crippen LogP contribution in [0.25, 0.3) is 0 Å². The van der Waals surface area contributed by atoms with Gasteiger partial charge in [0.2, 0.25) is 5.91 Å². The highest BCUT2D eigenvalue weighted by molar-refractivity contribution is 7.99. The van der Waals surface area contributed by atoms with Gasteiger partial charge in [0.1, 0.15) is 6.10 Å². The lowest BCUT2D eigenvalue weighted by Crippen LogP contribution is -2.39. The Hall–Kier alpha value is -1.00. The Labute approximate surface area is 100 Å². The van der Waals surface area contributed by atoms with Gasteiger partial charge in [-0.15, -0.1) is 11.8 Å². The van der Waals surface area contributed by atoms with Crippen LogP contribution in [-0.2, 0) is 11.2 Å². The number of carbonyl (C=O) groups excluding carboxylic acids is 1. The first-order valence-corrected chi connectivity index (χ1v) is 6.47. The summed E-state index contributed by atoms with van der Waals surface area (Å²) in [5.74, 6) is -0.324. The van der Waals surface area contributed by atoms with E-state index in [9.17, 15) is 4.79 Å². The molecule has 4 heteroatoms. The molecule has 1 rings (SSSR count). The molecule has 0 fully saturated rings. The molecule has 0 heterocycles. The summed E-state index contributed by atoms with van der Waals surface area (Å²) >= 11 is 1.57. The van der Waals surface area contributed by atoms with Gasteiger partial charge in [-0.3, -0.25) is 4.79 Å². The molecule has 0 aliphatic rings. The lowest BCUT2D eigenvalue weighted by atomic mass is 10.1. The van der Waals surface area contributed by atoms with E-state index in [-0.39, 0.29) is 11.3 Å². The second-order valence-electron chi connectivity index (χ2n) is 3.60. The zero-order valence-electron chi connectivity index (χ0n) is 9.51. The number of hydrogen-bond donors (Lipinski definition) is 2. The predicted octanol–water partition coefficient (Wildman–Crippen LogP) is 1.42. The van der Waals surface area contributed by atoms with E-state index in [0.717, 1.165) is 6.42 Å². The molecule has 2 N–H and O–H groups in total. The van der Waals surface area contributed by atoms with Crippen LogP contribution in [-0.4, -0.2) is 28.7 Å². The van der Waals surface area contributed by atoms with E-state index in [1.165, 1.54) is 12.5 Å². The van der Waals surface area contributed by atoms with Gasteiger partial charge in [0.25, 0.3) is 0 Å². The van der Waals surface area contributed by atoms with Crippen LogP contribution >= 0.6 is 11.8 Å². The molecule has 1 aromatic carbocycles. The first-order valence-electron chi connectivity index (χ1n) is 5.18. The summed E-state index contributed by atoms with van der Waals surface area (Å²) in [6.45, 7) is 1.47. The highest BCUT2D eigenvalue weighted by atomic mass is 32.2. The molecule has 0 saturated heterocycles. The smallest absolute Gasteiger partial charge is 0.249 e. The second kappa shape index (κ2) is 6.55. The zero-order chi connectivity index (χ0) is 12.0. The first kappa shape index (κ1) is 13.1. The first-order chi connectivity index (χ1) is 7.63. The topological polar surface area (TPSA) is 49.3 Å². The average molecular weight is 239 g/mol. The molecule has 1 amide bonds. The second-order valence-corrected chi connectivity index (χ2v) is 4.64. The normalized spacial score (nSPS) is 14.2. The molecule has 88 valence electrons. The van der Waals surface area contributed by atoms with Crippen molar-refractivity contribution in [3.8, 4) is 0 Å². The maximum Gasteiger partial charge on any atom is 0.249 e. The summed E-state index contributed by atoms with van der Waals surface area (Å²) in [6, 6.07) is 9.97. The molecule has 3 nitrogen and oxygen atoms in total. The molecule has 0 aliphatic heterocycles. The number of aliphatic hydroxyl groups excluding tert-OH is 1. The molecule has 0 bridgehead atoms. The third kappa shape index (κ3) is 4.24. The molecule has 0 aromatic heterocycles. The number of aliphatic hydroxyl groups is 1. The third-order valence-electron chi connectivity index (χ3n) is 2.23. The van der Waals surface area contributed by atoms with Gasteiger partial charge in [-0.25, -0.2) is 0 Å². The summed E-state index contributed by atoms with van der Waals surface area (Å²) in [4.78, 5) is 11.3. The van der Waals surface area contributed by atoms with Crippen molar-refractivity contribution in [3.05, 3.63) is 35.9 Å². The molecule has 2 unspecified atom stereocenters. The SMILES string of the molecule is CSC(Cc1ccccc1)NC(=O)C(C)O. The summed E-state index contributed by atoms with van der Waals surface area (Å²) in [5.41, 5.74) is 1.17. The standard InChI is InChI=1S/C12H17NO2S/c1-9(14)12(15)13-11(16-2)8-10-6-4-3-5-7-10/h3-7,9,11,14H,8H2,1-2H3,(H,13,15). The number of rotatable bonds is 5. The lowest BCUT2D eigenvalue weighted by Gasteiger charge is -2.17. The van der Waals surface area contributed by atoms with Crippen molar-refractivity contribution in [3.63, 3.8) is 0 Å². The molecule has 0 saturated carbocycles. The van der Waals surface area contributed by atoms with Crippen LogP contribution < -0.4 is 5.32 Å². The quantitative estimate of drug-likeness (QED) is 0.764. The van der Waals surface area contributed by atoms with Gasteiger partial charge in [-0.2, -0.15) is 0 Å². The van der Waals surface area contributed by atoms with E-state index in [0.29, 0.717) is 0 Å². The highest BCUT2D eigenvalue weighted by Crippen LogP contribution is 2.11. The zero-order valence-corrected chi connectivity index (χ0v) is 10.3. The minimum absolute atomic E-state index is 0.00417. The van der Waals surface area contributed by atoms with Gasteiger partial charge in [-0.05, 0) is 18.7 Å². The van der Waals surface area contributed by atoms with E-state index in [1.807, 2.05) is 36.6 Å². The van der Waals surface area contributed by atoms with Gasteiger partial charge in [-0.1, -0.05) is 30.3 Å². The molecule has 2 atom stereocenters. The van der Waals surface area contributed by atoms with Gasteiger partial charge < -0.3 is 10.4 Å². The number of hydrogen-bond acceptors (Lipinski definition) is 3. The average Bonchev–Trinajstić information content (AvgIpc) is 2.29. The Balaban J connectivity index is 2.53. The highest BCUT2D eigenvalue weighted by Gasteiger charge is 2.14. The van der Waals surface area contributed by atoms with Crippen molar-refractivity contribution < 1.29 is 9.90 Å². The van der Waals surface area contributed by atoms with Crippen molar-refractivity contribution in [2.24, 2.45) is 0 Å². The van der Waals surface area contributed by atoms with Crippen LogP contribution in [0.2, 0.25) is 0 Å². The maximum absolute atomic E-state index is 11.3. The van der Waals surface area contributed by atoms with E-state index in [2.05, 4.69) is 5.32 Å². The van der Waals surface area contributed by atoms with Crippen molar-refractivity contribution in [1.82, 2.24) is 5.32 Å². The molecular weight excluding hydrogens is 222 g/mol. The van der Waals surface area contributed by atoms with Crippen LogP contribution in [0.5, 0.6) is 0 Å². The maximum atomic E-state index is 11.3. The van der Waals surface area contributed by atoms with Gasteiger partial charge in [0, 0.05) is 6.42 Å². The van der Waals surface area contributed by atoms with Crippen LogP contribution in [0.3, 0.4) is 0 Å². The van der Waals surface area contributed by atoms with Crippen LogP contribution in [0, 0.1) is 0 Å². The summed E-state index contributed by atoms with van der Waals surface area (Å²) in [7, 11) is 0. The molecule has 0 aliphatic carbocycles. The van der Waals surface area contributed by atoms with Gasteiger partial charge in [0.05, 0.1) is 5.37 Å². The van der Waals surface area contributed by atoms with Crippen molar-refractivity contribution in [2.45, 2.75) is 24.8 Å². The Kier molecular flexibility index (Phi) is 5.35. The van der Waals surface area contributed by atoms with Crippen molar-refractivity contribution in [1.29, 1.82) is 0 Å². The Morgan fingerprint density at radius 2 is 2.06 bits per heavy atom. The van der Waals surface area contributed by atoms with Crippen LogP contribution in [0.4, 0.5) is 0 Å². The molecule has 1 aromatic rings. The van der Waals surface area contributed by atoms with Gasteiger partial charge >= 0.3 is 0 Å². The number of benzene rings is 1. The van der Waals surface area contributed by atoms with E-state index in [4.69, 9.17) is 5.11 Å². The van der Waals surface area contributed by atoms with Crippen LogP contribution in [0.15, 0.2) is 30.3 Å². The van der Waals surface area contributed by atoms with E-state index >= 15 is 0 Å². The largest absolute Gasteiger partial charge is 0.384 e.